The number of nitrogens with zero attached hydrogens (tertiary/aromatic N) is 2. The van der Waals surface area contributed by atoms with E-state index in [9.17, 15) is 9.59 Å². The molecule has 1 aliphatic rings. The molecule has 116 valence electrons. The van der Waals surface area contributed by atoms with Gasteiger partial charge >= 0.3 is 12.0 Å². The van der Waals surface area contributed by atoms with E-state index in [1.807, 2.05) is 13.8 Å². The van der Waals surface area contributed by atoms with Gasteiger partial charge in [0.25, 0.3) is 0 Å². The molecule has 1 aromatic heterocycles. The molecule has 0 saturated carbocycles. The minimum Gasteiger partial charge on any atom is -0.480 e. The van der Waals surface area contributed by atoms with Crippen molar-refractivity contribution in [3.8, 4) is 0 Å². The number of ether oxygens (including phenoxy) is 1. The number of hydrogen-bond acceptors (Lipinski definition) is 5. The Hall–Kier alpha value is -1.67. The van der Waals surface area contributed by atoms with Crippen LogP contribution in [-0.2, 0) is 9.53 Å². The molecule has 2 heterocycles. The lowest BCUT2D eigenvalue weighted by atomic mass is 9.97. The van der Waals surface area contributed by atoms with Gasteiger partial charge in [-0.05, 0) is 20.8 Å². The van der Waals surface area contributed by atoms with E-state index < -0.39 is 11.6 Å². The number of hydrogen-bond donors (Lipinski definition) is 2. The van der Waals surface area contributed by atoms with Crippen molar-refractivity contribution in [2.24, 2.45) is 0 Å². The van der Waals surface area contributed by atoms with E-state index in [4.69, 9.17) is 9.84 Å². The first-order chi connectivity index (χ1) is 9.79. The zero-order chi connectivity index (χ0) is 15.6. The van der Waals surface area contributed by atoms with E-state index in [1.54, 1.807) is 29.4 Å². The van der Waals surface area contributed by atoms with Gasteiger partial charge in [0.2, 0.25) is 0 Å². The molecule has 1 unspecified atom stereocenters. The first-order valence-electron chi connectivity index (χ1n) is 6.62. The first-order valence-corrected chi connectivity index (χ1v) is 7.44. The smallest absolute Gasteiger partial charge is 0.329 e. The first kappa shape index (κ1) is 15.7. The summed E-state index contributed by atoms with van der Waals surface area (Å²) < 4.78 is 5.27. The summed E-state index contributed by atoms with van der Waals surface area (Å²) in [6, 6.07) is -0.338. The topological polar surface area (TPSA) is 91.8 Å². The van der Waals surface area contributed by atoms with E-state index in [2.05, 4.69) is 10.3 Å². The molecule has 1 aromatic rings. The van der Waals surface area contributed by atoms with Crippen molar-refractivity contribution in [3.63, 3.8) is 0 Å². The SMILES string of the molecule is Cc1cnc(C(C)NC(=O)N2CC(C)(OCC(=O)O)C2)s1. The molecule has 1 saturated heterocycles. The van der Waals surface area contributed by atoms with Gasteiger partial charge in [-0.25, -0.2) is 14.6 Å². The number of aryl methyl sites for hydroxylation is 1. The molecule has 2 rings (SSSR count). The Labute approximate surface area is 126 Å². The summed E-state index contributed by atoms with van der Waals surface area (Å²) in [5.74, 6) is -1.01. The fraction of sp³-hybridized carbons (Fsp3) is 0.615. The van der Waals surface area contributed by atoms with Crippen LogP contribution in [0.2, 0.25) is 0 Å². The second kappa shape index (κ2) is 5.98. The lowest BCUT2D eigenvalue weighted by molar-refractivity contribution is -0.159. The van der Waals surface area contributed by atoms with E-state index in [0.717, 1.165) is 9.88 Å². The molecule has 0 radical (unpaired) electrons. The van der Waals surface area contributed by atoms with Crippen LogP contribution in [0.3, 0.4) is 0 Å². The van der Waals surface area contributed by atoms with Gasteiger partial charge < -0.3 is 20.1 Å². The number of carboxylic acids is 1. The molecule has 8 heteroatoms. The molecule has 21 heavy (non-hydrogen) atoms. The van der Waals surface area contributed by atoms with Crippen molar-refractivity contribution in [2.45, 2.75) is 32.4 Å². The van der Waals surface area contributed by atoms with Crippen molar-refractivity contribution in [1.29, 1.82) is 0 Å². The summed E-state index contributed by atoms with van der Waals surface area (Å²) in [6.45, 7) is 6.08. The van der Waals surface area contributed by atoms with Crippen LogP contribution < -0.4 is 5.32 Å². The maximum atomic E-state index is 12.1. The normalized spacial score (nSPS) is 18.0. The second-order valence-corrected chi connectivity index (χ2v) is 6.74. The van der Waals surface area contributed by atoms with Gasteiger partial charge in [0.1, 0.15) is 17.2 Å². The Morgan fingerprint density at radius 3 is 2.81 bits per heavy atom. The quantitative estimate of drug-likeness (QED) is 0.857. The van der Waals surface area contributed by atoms with Crippen molar-refractivity contribution in [2.75, 3.05) is 19.7 Å². The Balaban J connectivity index is 1.79. The molecule has 1 fully saturated rings. The summed E-state index contributed by atoms with van der Waals surface area (Å²) in [7, 11) is 0. The molecular weight excluding hydrogens is 294 g/mol. The fourth-order valence-corrected chi connectivity index (χ4v) is 2.92. The highest BCUT2D eigenvalue weighted by molar-refractivity contribution is 7.11. The number of carbonyl (C=O) groups excluding carboxylic acids is 1. The molecule has 2 N–H and O–H groups in total. The molecular formula is C13H19N3O4S. The second-order valence-electron chi connectivity index (χ2n) is 5.47. The third kappa shape index (κ3) is 3.92. The summed E-state index contributed by atoms with van der Waals surface area (Å²) in [5.41, 5.74) is -0.573. The highest BCUT2D eigenvalue weighted by Gasteiger charge is 2.43. The van der Waals surface area contributed by atoms with Crippen LogP contribution in [0.5, 0.6) is 0 Å². The minimum atomic E-state index is -1.01. The number of aromatic nitrogens is 1. The number of likely N-dealkylation sites (tertiary alicyclic amines) is 1. The number of urea groups is 1. The van der Waals surface area contributed by atoms with Gasteiger partial charge in [-0.15, -0.1) is 11.3 Å². The van der Waals surface area contributed by atoms with Gasteiger partial charge in [-0.3, -0.25) is 0 Å². The molecule has 2 amide bonds. The number of carboxylic acid groups (broad SMARTS) is 1. The number of amides is 2. The number of carbonyl (C=O) groups is 2. The van der Waals surface area contributed by atoms with Crippen molar-refractivity contribution >= 4 is 23.3 Å². The van der Waals surface area contributed by atoms with Crippen LogP contribution >= 0.6 is 11.3 Å². The summed E-state index contributed by atoms with van der Waals surface area (Å²) in [4.78, 5) is 29.5. The van der Waals surface area contributed by atoms with Crippen LogP contribution in [0.1, 0.15) is 29.8 Å². The Morgan fingerprint density at radius 1 is 1.62 bits per heavy atom. The van der Waals surface area contributed by atoms with E-state index in [1.165, 1.54) is 0 Å². The van der Waals surface area contributed by atoms with Crippen LogP contribution in [0.4, 0.5) is 4.79 Å². The Morgan fingerprint density at radius 2 is 2.29 bits per heavy atom. The van der Waals surface area contributed by atoms with E-state index >= 15 is 0 Å². The lowest BCUT2D eigenvalue weighted by Crippen LogP contribution is -2.65. The summed E-state index contributed by atoms with van der Waals surface area (Å²) >= 11 is 1.55. The predicted molar refractivity (Wildman–Crippen MR) is 77.4 cm³/mol. The van der Waals surface area contributed by atoms with Crippen LogP contribution in [0.15, 0.2) is 6.20 Å². The average Bonchev–Trinajstić information content (AvgIpc) is 2.79. The van der Waals surface area contributed by atoms with Gasteiger partial charge in [0.05, 0.1) is 19.1 Å². The zero-order valence-corrected chi connectivity index (χ0v) is 13.1. The van der Waals surface area contributed by atoms with Crippen LogP contribution in [0.25, 0.3) is 0 Å². The van der Waals surface area contributed by atoms with Crippen LogP contribution in [0, 0.1) is 6.92 Å². The molecule has 7 nitrogen and oxygen atoms in total. The van der Waals surface area contributed by atoms with E-state index in [0.29, 0.717) is 13.1 Å². The molecule has 1 atom stereocenters. The maximum absolute atomic E-state index is 12.1. The predicted octanol–water partition coefficient (Wildman–Crippen LogP) is 1.40. The lowest BCUT2D eigenvalue weighted by Gasteiger charge is -2.47. The van der Waals surface area contributed by atoms with Gasteiger partial charge in [-0.2, -0.15) is 0 Å². The van der Waals surface area contributed by atoms with E-state index in [-0.39, 0.29) is 18.7 Å². The fourth-order valence-electron chi connectivity index (χ4n) is 2.14. The summed E-state index contributed by atoms with van der Waals surface area (Å²) in [5, 5.41) is 12.3. The largest absolute Gasteiger partial charge is 0.480 e. The zero-order valence-electron chi connectivity index (χ0n) is 12.3. The van der Waals surface area contributed by atoms with Gasteiger partial charge in [-0.1, -0.05) is 0 Å². The third-order valence-electron chi connectivity index (χ3n) is 3.23. The maximum Gasteiger partial charge on any atom is 0.329 e. The molecule has 1 aliphatic heterocycles. The highest BCUT2D eigenvalue weighted by Crippen LogP contribution is 2.25. The minimum absolute atomic E-state index is 0.150. The monoisotopic (exact) mass is 313 g/mol. The third-order valence-corrected chi connectivity index (χ3v) is 4.33. The van der Waals surface area contributed by atoms with Gasteiger partial charge in [0.15, 0.2) is 0 Å². The Bertz CT molecular complexity index is 539. The molecule has 0 aliphatic carbocycles. The summed E-state index contributed by atoms with van der Waals surface area (Å²) in [6.07, 6.45) is 1.78. The van der Waals surface area contributed by atoms with Crippen LogP contribution in [-0.4, -0.2) is 52.3 Å². The van der Waals surface area contributed by atoms with Crippen molar-refractivity contribution in [3.05, 3.63) is 16.1 Å². The van der Waals surface area contributed by atoms with Crippen molar-refractivity contribution in [1.82, 2.24) is 15.2 Å². The number of aliphatic carboxylic acids is 1. The highest BCUT2D eigenvalue weighted by atomic mass is 32.1. The Kier molecular flexibility index (Phi) is 4.48. The number of rotatable bonds is 5. The molecule has 0 spiro atoms. The number of thiazole rings is 1. The molecule has 0 bridgehead atoms. The van der Waals surface area contributed by atoms with Crippen molar-refractivity contribution < 1.29 is 19.4 Å². The van der Waals surface area contributed by atoms with Gasteiger partial charge in [0, 0.05) is 11.1 Å². The molecule has 0 aromatic carbocycles. The average molecular weight is 313 g/mol. The number of nitrogens with one attached hydrogen (secondary N) is 1. The standard InChI is InChI=1S/C13H19N3O4S/c1-8-4-14-11(21-8)9(2)15-12(19)16-6-13(3,7-16)20-5-10(17)18/h4,9H,5-7H2,1-3H3,(H,15,19)(H,17,18).